The Bertz CT molecular complexity index is 426. The van der Waals surface area contributed by atoms with E-state index in [2.05, 4.69) is 15.8 Å². The Kier molecular flexibility index (Phi) is 5.08. The Morgan fingerprint density at radius 1 is 1.33 bits per heavy atom. The topological polar surface area (TPSA) is 36.4 Å². The van der Waals surface area contributed by atoms with Gasteiger partial charge in [-0.25, -0.2) is 0 Å². The summed E-state index contributed by atoms with van der Waals surface area (Å²) < 4.78 is 36.9. The number of thiocarbonyl (C=S) groups is 1. The van der Waals surface area contributed by atoms with Crippen LogP contribution in [0.3, 0.4) is 0 Å². The maximum atomic E-state index is 12.3. The monoisotopic (exact) mass is 275 g/mol. The lowest BCUT2D eigenvalue weighted by Gasteiger charge is -2.06. The van der Waals surface area contributed by atoms with E-state index in [1.165, 1.54) is 18.3 Å². The molecule has 98 valence electrons. The van der Waals surface area contributed by atoms with Gasteiger partial charge in [-0.1, -0.05) is 12.1 Å². The van der Waals surface area contributed by atoms with Gasteiger partial charge in [-0.05, 0) is 36.8 Å². The van der Waals surface area contributed by atoms with Crippen LogP contribution in [0.1, 0.15) is 18.1 Å². The minimum atomic E-state index is -4.32. The first-order chi connectivity index (χ1) is 8.43. The zero-order valence-electron chi connectivity index (χ0n) is 9.58. The molecule has 0 heterocycles. The summed E-state index contributed by atoms with van der Waals surface area (Å²) in [4.78, 5) is 0. The van der Waals surface area contributed by atoms with Crippen LogP contribution in [-0.4, -0.2) is 17.9 Å². The molecule has 0 aliphatic heterocycles. The van der Waals surface area contributed by atoms with Gasteiger partial charge < -0.3 is 5.32 Å². The molecule has 1 aromatic carbocycles. The largest absolute Gasteiger partial charge is 0.416 e. The molecule has 0 aliphatic carbocycles. The molecule has 0 saturated heterocycles. The van der Waals surface area contributed by atoms with E-state index in [9.17, 15) is 13.2 Å². The molecular weight excluding hydrogens is 263 g/mol. The lowest BCUT2D eigenvalue weighted by Crippen LogP contribution is -2.31. The summed E-state index contributed by atoms with van der Waals surface area (Å²) in [6, 6.07) is 4.68. The van der Waals surface area contributed by atoms with Gasteiger partial charge in [0.25, 0.3) is 0 Å². The van der Waals surface area contributed by atoms with Crippen molar-refractivity contribution in [2.24, 2.45) is 5.10 Å². The first kappa shape index (κ1) is 14.4. The molecule has 0 saturated carbocycles. The minimum Gasteiger partial charge on any atom is -0.362 e. The van der Waals surface area contributed by atoms with Crippen LogP contribution in [0.2, 0.25) is 0 Å². The van der Waals surface area contributed by atoms with Gasteiger partial charge in [0.1, 0.15) is 0 Å². The van der Waals surface area contributed by atoms with Crippen molar-refractivity contribution in [2.45, 2.75) is 13.1 Å². The molecular formula is C11H12F3N3S. The quantitative estimate of drug-likeness (QED) is 0.505. The fourth-order valence-electron chi connectivity index (χ4n) is 1.12. The number of benzene rings is 1. The zero-order chi connectivity index (χ0) is 13.6. The Labute approximate surface area is 108 Å². The molecule has 0 atom stereocenters. The van der Waals surface area contributed by atoms with Crippen LogP contribution in [0.5, 0.6) is 0 Å². The van der Waals surface area contributed by atoms with Crippen LogP contribution in [0.25, 0.3) is 0 Å². The first-order valence-corrected chi connectivity index (χ1v) is 5.58. The number of hydrazone groups is 1. The zero-order valence-corrected chi connectivity index (χ0v) is 10.4. The fraction of sp³-hybridized carbons (Fsp3) is 0.273. The van der Waals surface area contributed by atoms with Gasteiger partial charge >= 0.3 is 6.18 Å². The number of nitrogens with one attached hydrogen (secondary N) is 2. The van der Waals surface area contributed by atoms with E-state index in [0.29, 0.717) is 17.2 Å². The van der Waals surface area contributed by atoms with Crippen molar-refractivity contribution >= 4 is 23.5 Å². The molecule has 3 nitrogen and oxygen atoms in total. The molecule has 7 heteroatoms. The second-order valence-electron chi connectivity index (χ2n) is 3.35. The Hall–Kier alpha value is -1.63. The average Bonchev–Trinajstić information content (AvgIpc) is 2.29. The number of hydrogen-bond acceptors (Lipinski definition) is 2. The van der Waals surface area contributed by atoms with Crippen LogP contribution in [0.15, 0.2) is 29.4 Å². The normalized spacial score (nSPS) is 11.6. The number of alkyl halides is 3. The van der Waals surface area contributed by atoms with Crippen LogP contribution < -0.4 is 10.7 Å². The van der Waals surface area contributed by atoms with Gasteiger partial charge in [0.2, 0.25) is 0 Å². The standard InChI is InChI=1S/C11H12F3N3S/c1-2-15-10(18)17-16-7-8-3-5-9(6-4-8)11(12,13)14/h3-7H,2H2,1H3,(H2,15,17,18)/b16-7+. The van der Waals surface area contributed by atoms with Gasteiger partial charge in [0.05, 0.1) is 11.8 Å². The van der Waals surface area contributed by atoms with Crippen LogP contribution >= 0.6 is 12.2 Å². The van der Waals surface area contributed by atoms with E-state index in [-0.39, 0.29) is 0 Å². The summed E-state index contributed by atoms with van der Waals surface area (Å²) in [6.07, 6.45) is -2.93. The maximum Gasteiger partial charge on any atom is 0.416 e. The van der Waals surface area contributed by atoms with Gasteiger partial charge in [-0.2, -0.15) is 18.3 Å². The molecule has 0 spiro atoms. The van der Waals surface area contributed by atoms with Crippen LogP contribution in [0, 0.1) is 0 Å². The third-order valence-corrected chi connectivity index (χ3v) is 2.19. The predicted molar refractivity (Wildman–Crippen MR) is 68.4 cm³/mol. The third-order valence-electron chi connectivity index (χ3n) is 1.96. The average molecular weight is 275 g/mol. The first-order valence-electron chi connectivity index (χ1n) is 5.17. The molecule has 18 heavy (non-hydrogen) atoms. The lowest BCUT2D eigenvalue weighted by molar-refractivity contribution is -0.137. The Balaban J connectivity index is 2.59. The van der Waals surface area contributed by atoms with Crippen molar-refractivity contribution in [3.8, 4) is 0 Å². The number of nitrogens with zero attached hydrogens (tertiary/aromatic N) is 1. The SMILES string of the molecule is CCNC(=S)N/N=C/c1ccc(C(F)(F)F)cc1. The molecule has 0 fully saturated rings. The predicted octanol–water partition coefficient (Wildman–Crippen LogP) is 2.52. The summed E-state index contributed by atoms with van der Waals surface area (Å²) in [7, 11) is 0. The van der Waals surface area contributed by atoms with E-state index in [1.54, 1.807) is 0 Å². The summed E-state index contributed by atoms with van der Waals surface area (Å²) >= 11 is 4.85. The molecule has 0 bridgehead atoms. The van der Waals surface area contributed by atoms with Gasteiger partial charge in [-0.15, -0.1) is 0 Å². The molecule has 0 radical (unpaired) electrons. The second kappa shape index (κ2) is 6.34. The van der Waals surface area contributed by atoms with Crippen molar-refractivity contribution in [2.75, 3.05) is 6.54 Å². The number of rotatable bonds is 3. The summed E-state index contributed by atoms with van der Waals surface area (Å²) in [6.45, 7) is 2.55. The highest BCUT2D eigenvalue weighted by Gasteiger charge is 2.29. The number of hydrogen-bond donors (Lipinski definition) is 2. The summed E-state index contributed by atoms with van der Waals surface area (Å²) in [5, 5.41) is 6.97. The molecule has 0 aliphatic rings. The molecule has 0 amide bonds. The van der Waals surface area contributed by atoms with Gasteiger partial charge in [0.15, 0.2) is 5.11 Å². The third kappa shape index (κ3) is 4.70. The van der Waals surface area contributed by atoms with Gasteiger partial charge in [-0.3, -0.25) is 5.43 Å². The summed E-state index contributed by atoms with van der Waals surface area (Å²) in [5.74, 6) is 0. The smallest absolute Gasteiger partial charge is 0.362 e. The highest BCUT2D eigenvalue weighted by atomic mass is 32.1. The van der Waals surface area contributed by atoms with E-state index in [0.717, 1.165) is 12.1 Å². The highest BCUT2D eigenvalue weighted by Crippen LogP contribution is 2.28. The maximum absolute atomic E-state index is 12.3. The van der Waals surface area contributed by atoms with Crippen molar-refractivity contribution in [3.63, 3.8) is 0 Å². The van der Waals surface area contributed by atoms with Crippen molar-refractivity contribution in [1.82, 2.24) is 10.7 Å². The second-order valence-corrected chi connectivity index (χ2v) is 3.76. The Morgan fingerprint density at radius 2 is 1.94 bits per heavy atom. The van der Waals surface area contributed by atoms with E-state index in [4.69, 9.17) is 12.2 Å². The van der Waals surface area contributed by atoms with Crippen LogP contribution in [0.4, 0.5) is 13.2 Å². The highest BCUT2D eigenvalue weighted by molar-refractivity contribution is 7.80. The van der Waals surface area contributed by atoms with Crippen molar-refractivity contribution in [3.05, 3.63) is 35.4 Å². The Morgan fingerprint density at radius 3 is 2.44 bits per heavy atom. The molecule has 0 unspecified atom stereocenters. The van der Waals surface area contributed by atoms with E-state index >= 15 is 0 Å². The molecule has 0 aromatic heterocycles. The molecule has 2 N–H and O–H groups in total. The molecule has 1 rings (SSSR count). The molecule has 1 aromatic rings. The van der Waals surface area contributed by atoms with Gasteiger partial charge in [0, 0.05) is 6.54 Å². The lowest BCUT2D eigenvalue weighted by atomic mass is 10.1. The van der Waals surface area contributed by atoms with E-state index < -0.39 is 11.7 Å². The minimum absolute atomic E-state index is 0.362. The van der Waals surface area contributed by atoms with Crippen molar-refractivity contribution < 1.29 is 13.2 Å². The number of halogens is 3. The van der Waals surface area contributed by atoms with E-state index in [1.807, 2.05) is 6.92 Å². The van der Waals surface area contributed by atoms with Crippen molar-refractivity contribution in [1.29, 1.82) is 0 Å². The van der Waals surface area contributed by atoms with Crippen LogP contribution in [-0.2, 0) is 6.18 Å². The summed E-state index contributed by atoms with van der Waals surface area (Å²) in [5.41, 5.74) is 2.41. The fourth-order valence-corrected chi connectivity index (χ4v) is 1.32.